The summed E-state index contributed by atoms with van der Waals surface area (Å²) in [6, 6.07) is 8.12. The van der Waals surface area contributed by atoms with Crippen molar-refractivity contribution < 1.29 is 14.6 Å². The van der Waals surface area contributed by atoms with E-state index < -0.39 is 11.4 Å². The van der Waals surface area contributed by atoms with Gasteiger partial charge in [0.1, 0.15) is 5.75 Å². The van der Waals surface area contributed by atoms with Gasteiger partial charge in [-0.25, -0.2) is 0 Å². The standard InChI is InChI=1S/C16H23NO3/c1-3-20-14-6-4-5-13(11-14)12-17-9-7-16(2,8-10-17)15(18)19/h4-6,11H,3,7-10,12H2,1-2H3,(H,18,19). The Labute approximate surface area is 120 Å². The second kappa shape index (κ2) is 6.27. The van der Waals surface area contributed by atoms with E-state index in [1.54, 1.807) is 0 Å². The van der Waals surface area contributed by atoms with Gasteiger partial charge in [-0.15, -0.1) is 0 Å². The van der Waals surface area contributed by atoms with Gasteiger partial charge in [-0.05, 0) is 57.5 Å². The molecule has 1 heterocycles. The number of carboxylic acid groups (broad SMARTS) is 1. The molecule has 1 aliphatic rings. The molecule has 0 aliphatic carbocycles. The largest absolute Gasteiger partial charge is 0.494 e. The molecule has 20 heavy (non-hydrogen) atoms. The summed E-state index contributed by atoms with van der Waals surface area (Å²) in [5.41, 5.74) is 0.666. The van der Waals surface area contributed by atoms with Gasteiger partial charge in [0.25, 0.3) is 0 Å². The van der Waals surface area contributed by atoms with Gasteiger partial charge < -0.3 is 9.84 Å². The van der Waals surface area contributed by atoms with Crippen LogP contribution >= 0.6 is 0 Å². The van der Waals surface area contributed by atoms with Crippen LogP contribution in [0.5, 0.6) is 5.75 Å². The molecular weight excluding hydrogens is 254 g/mol. The molecular formula is C16H23NO3. The first-order chi connectivity index (χ1) is 9.53. The van der Waals surface area contributed by atoms with Gasteiger partial charge in [0.05, 0.1) is 12.0 Å². The Hall–Kier alpha value is -1.55. The van der Waals surface area contributed by atoms with Gasteiger partial charge in [0, 0.05) is 6.54 Å². The highest BCUT2D eigenvalue weighted by Gasteiger charge is 2.36. The lowest BCUT2D eigenvalue weighted by Gasteiger charge is -2.36. The minimum Gasteiger partial charge on any atom is -0.494 e. The molecule has 0 unspecified atom stereocenters. The van der Waals surface area contributed by atoms with Crippen molar-refractivity contribution in [1.82, 2.24) is 4.90 Å². The Morgan fingerprint density at radius 1 is 1.40 bits per heavy atom. The molecule has 0 aromatic heterocycles. The molecule has 0 saturated carbocycles. The van der Waals surface area contributed by atoms with Crippen LogP contribution in [-0.4, -0.2) is 35.7 Å². The Morgan fingerprint density at radius 3 is 2.70 bits per heavy atom. The summed E-state index contributed by atoms with van der Waals surface area (Å²) in [5, 5.41) is 9.23. The van der Waals surface area contributed by atoms with Crippen LogP contribution < -0.4 is 4.74 Å². The van der Waals surface area contributed by atoms with Gasteiger partial charge in [0.15, 0.2) is 0 Å². The van der Waals surface area contributed by atoms with Crippen molar-refractivity contribution in [2.45, 2.75) is 33.2 Å². The van der Waals surface area contributed by atoms with Crippen LogP contribution in [-0.2, 0) is 11.3 Å². The van der Waals surface area contributed by atoms with Gasteiger partial charge in [-0.1, -0.05) is 12.1 Å². The quantitative estimate of drug-likeness (QED) is 0.899. The van der Waals surface area contributed by atoms with E-state index in [1.165, 1.54) is 5.56 Å². The first-order valence-corrected chi connectivity index (χ1v) is 7.21. The maximum absolute atomic E-state index is 11.2. The molecule has 110 valence electrons. The fourth-order valence-electron chi connectivity index (χ4n) is 2.58. The Morgan fingerprint density at radius 2 is 2.10 bits per heavy atom. The smallest absolute Gasteiger partial charge is 0.309 e. The number of hydrogen-bond donors (Lipinski definition) is 1. The monoisotopic (exact) mass is 277 g/mol. The maximum Gasteiger partial charge on any atom is 0.309 e. The highest BCUT2D eigenvalue weighted by molar-refractivity contribution is 5.74. The molecule has 2 rings (SSSR count). The number of likely N-dealkylation sites (tertiary alicyclic amines) is 1. The molecule has 0 spiro atoms. The number of carbonyl (C=O) groups is 1. The summed E-state index contributed by atoms with van der Waals surface area (Å²) in [5.74, 6) is 0.230. The molecule has 1 aromatic carbocycles. The predicted octanol–water partition coefficient (Wildman–Crippen LogP) is 2.77. The third-order valence-corrected chi connectivity index (χ3v) is 4.09. The minimum absolute atomic E-state index is 0.552. The zero-order valence-corrected chi connectivity index (χ0v) is 12.3. The van der Waals surface area contributed by atoms with E-state index in [-0.39, 0.29) is 0 Å². The summed E-state index contributed by atoms with van der Waals surface area (Å²) in [7, 11) is 0. The van der Waals surface area contributed by atoms with Crippen LogP contribution in [0.15, 0.2) is 24.3 Å². The lowest BCUT2D eigenvalue weighted by Crippen LogP contribution is -2.42. The number of aliphatic carboxylic acids is 1. The summed E-state index contributed by atoms with van der Waals surface area (Å²) in [6.45, 7) is 7.02. The fourth-order valence-corrected chi connectivity index (χ4v) is 2.58. The van der Waals surface area contributed by atoms with Gasteiger partial charge >= 0.3 is 5.97 Å². The van der Waals surface area contributed by atoms with E-state index in [0.717, 1.165) is 25.4 Å². The van der Waals surface area contributed by atoms with Crippen LogP contribution in [0.3, 0.4) is 0 Å². The average Bonchev–Trinajstić information content (AvgIpc) is 2.42. The molecule has 1 fully saturated rings. The van der Waals surface area contributed by atoms with Crippen LogP contribution in [0.25, 0.3) is 0 Å². The van der Waals surface area contributed by atoms with E-state index in [2.05, 4.69) is 17.0 Å². The Bertz CT molecular complexity index is 465. The molecule has 1 N–H and O–H groups in total. The van der Waals surface area contributed by atoms with E-state index >= 15 is 0 Å². The molecule has 1 saturated heterocycles. The lowest BCUT2D eigenvalue weighted by molar-refractivity contribution is -0.150. The first-order valence-electron chi connectivity index (χ1n) is 7.21. The van der Waals surface area contributed by atoms with Crippen molar-refractivity contribution in [3.05, 3.63) is 29.8 Å². The zero-order valence-electron chi connectivity index (χ0n) is 12.3. The average molecular weight is 277 g/mol. The van der Waals surface area contributed by atoms with Crippen molar-refractivity contribution >= 4 is 5.97 Å². The molecule has 4 heteroatoms. The number of ether oxygens (including phenoxy) is 1. The topological polar surface area (TPSA) is 49.8 Å². The van der Waals surface area contributed by atoms with Crippen molar-refractivity contribution in [1.29, 1.82) is 0 Å². The van der Waals surface area contributed by atoms with E-state index in [9.17, 15) is 9.90 Å². The van der Waals surface area contributed by atoms with Crippen LogP contribution in [0.2, 0.25) is 0 Å². The number of benzene rings is 1. The number of carboxylic acids is 1. The number of piperidine rings is 1. The molecule has 0 atom stereocenters. The lowest BCUT2D eigenvalue weighted by atomic mass is 9.80. The van der Waals surface area contributed by atoms with Crippen LogP contribution in [0.1, 0.15) is 32.3 Å². The number of rotatable bonds is 5. The van der Waals surface area contributed by atoms with Crippen molar-refractivity contribution in [3.63, 3.8) is 0 Å². The zero-order chi connectivity index (χ0) is 14.6. The summed E-state index contributed by atoms with van der Waals surface area (Å²) < 4.78 is 5.50. The van der Waals surface area contributed by atoms with Crippen LogP contribution in [0, 0.1) is 5.41 Å². The molecule has 4 nitrogen and oxygen atoms in total. The maximum atomic E-state index is 11.2. The van der Waals surface area contributed by atoms with Crippen molar-refractivity contribution in [2.75, 3.05) is 19.7 Å². The van der Waals surface area contributed by atoms with Crippen molar-refractivity contribution in [2.24, 2.45) is 5.41 Å². The Balaban J connectivity index is 1.92. The number of nitrogens with zero attached hydrogens (tertiary/aromatic N) is 1. The second-order valence-electron chi connectivity index (χ2n) is 5.72. The molecule has 0 bridgehead atoms. The summed E-state index contributed by atoms with van der Waals surface area (Å²) in [4.78, 5) is 13.5. The highest BCUT2D eigenvalue weighted by Crippen LogP contribution is 2.31. The molecule has 1 aliphatic heterocycles. The predicted molar refractivity (Wildman–Crippen MR) is 77.9 cm³/mol. The van der Waals surface area contributed by atoms with E-state index in [1.807, 2.05) is 26.0 Å². The molecule has 0 amide bonds. The highest BCUT2D eigenvalue weighted by atomic mass is 16.5. The first kappa shape index (κ1) is 14.9. The number of hydrogen-bond acceptors (Lipinski definition) is 3. The SMILES string of the molecule is CCOc1cccc(CN2CCC(C)(C(=O)O)CC2)c1. The molecule has 1 aromatic rings. The van der Waals surface area contributed by atoms with E-state index in [0.29, 0.717) is 19.4 Å². The summed E-state index contributed by atoms with van der Waals surface area (Å²) in [6.07, 6.45) is 1.43. The third-order valence-electron chi connectivity index (χ3n) is 4.09. The second-order valence-corrected chi connectivity index (χ2v) is 5.72. The van der Waals surface area contributed by atoms with Crippen molar-refractivity contribution in [3.8, 4) is 5.75 Å². The normalized spacial score (nSPS) is 18.7. The van der Waals surface area contributed by atoms with Gasteiger partial charge in [0.2, 0.25) is 0 Å². The van der Waals surface area contributed by atoms with Gasteiger partial charge in [-0.2, -0.15) is 0 Å². The van der Waals surface area contributed by atoms with Crippen LogP contribution in [0.4, 0.5) is 0 Å². The van der Waals surface area contributed by atoms with E-state index in [4.69, 9.17) is 4.74 Å². The third kappa shape index (κ3) is 3.51. The minimum atomic E-state index is -0.671. The fraction of sp³-hybridized carbons (Fsp3) is 0.562. The Kier molecular flexibility index (Phi) is 4.65. The van der Waals surface area contributed by atoms with Gasteiger partial charge in [-0.3, -0.25) is 9.69 Å². The molecule has 0 radical (unpaired) electrons. The summed E-state index contributed by atoms with van der Waals surface area (Å²) >= 11 is 0.